The molecule has 0 aliphatic heterocycles. The van der Waals surface area contributed by atoms with Crippen LogP contribution in [0.15, 0.2) is 24.3 Å². The van der Waals surface area contributed by atoms with Gasteiger partial charge in [0.15, 0.2) is 13.2 Å². The van der Waals surface area contributed by atoms with Crippen molar-refractivity contribution in [3.63, 3.8) is 0 Å². The molecule has 0 unspecified atom stereocenters. The molecule has 0 atom stereocenters. The Bertz CT molecular complexity index is 896. The van der Waals surface area contributed by atoms with Gasteiger partial charge in [0.25, 0.3) is 11.8 Å². The number of rotatable bonds is 7. The number of benzene rings is 1. The summed E-state index contributed by atoms with van der Waals surface area (Å²) in [6, 6.07) is 6.57. The number of fused-ring (bicyclic) bond motifs is 1. The summed E-state index contributed by atoms with van der Waals surface area (Å²) in [6.45, 7) is -0.841. The van der Waals surface area contributed by atoms with Gasteiger partial charge in [-0.1, -0.05) is 17.7 Å². The third-order valence-electron chi connectivity index (χ3n) is 3.94. The van der Waals surface area contributed by atoms with E-state index in [-0.39, 0.29) is 6.61 Å². The second-order valence-corrected chi connectivity index (χ2v) is 7.42. The number of carbonyl (C=O) groups is 3. The van der Waals surface area contributed by atoms with Crippen LogP contribution in [0.5, 0.6) is 5.75 Å². The van der Waals surface area contributed by atoms with Gasteiger partial charge >= 0.3 is 5.97 Å². The number of hydrogen-bond acceptors (Lipinski definition) is 6. The number of nitrogens with one attached hydrogen (secondary N) is 1. The fourth-order valence-corrected chi connectivity index (χ4v) is 4.29. The molecule has 1 heterocycles. The van der Waals surface area contributed by atoms with E-state index in [9.17, 15) is 14.4 Å². The van der Waals surface area contributed by atoms with Gasteiger partial charge < -0.3 is 20.5 Å². The molecule has 0 fully saturated rings. The Morgan fingerprint density at radius 3 is 2.78 bits per heavy atom. The molecule has 3 rings (SSSR count). The van der Waals surface area contributed by atoms with Crippen LogP contribution in [0.3, 0.4) is 0 Å². The van der Waals surface area contributed by atoms with Crippen LogP contribution in [0.2, 0.25) is 5.02 Å². The number of hydrogen-bond donors (Lipinski definition) is 2. The minimum Gasteiger partial charge on any atom is -0.482 e. The van der Waals surface area contributed by atoms with Crippen molar-refractivity contribution >= 4 is 45.7 Å². The maximum absolute atomic E-state index is 12.0. The summed E-state index contributed by atoms with van der Waals surface area (Å²) in [7, 11) is 0. The Morgan fingerprint density at radius 2 is 2.04 bits per heavy atom. The largest absolute Gasteiger partial charge is 0.482 e. The lowest BCUT2D eigenvalue weighted by molar-refractivity contribution is -0.149. The van der Waals surface area contributed by atoms with Crippen molar-refractivity contribution in [3.8, 4) is 5.75 Å². The summed E-state index contributed by atoms with van der Waals surface area (Å²) >= 11 is 7.16. The normalized spacial score (nSPS) is 12.3. The molecule has 142 valence electrons. The van der Waals surface area contributed by atoms with E-state index in [2.05, 4.69) is 5.32 Å². The number of aryl methyl sites for hydroxylation is 1. The summed E-state index contributed by atoms with van der Waals surface area (Å²) in [6.07, 6.45) is 2.61. The first kappa shape index (κ1) is 19.2. The molecule has 1 aromatic heterocycles. The molecule has 0 saturated heterocycles. The molecular formula is C18H17ClN2O5S. The van der Waals surface area contributed by atoms with Gasteiger partial charge in [-0.3, -0.25) is 9.59 Å². The third-order valence-corrected chi connectivity index (χ3v) is 5.38. The minimum atomic E-state index is -0.700. The first-order chi connectivity index (χ1) is 12.9. The van der Waals surface area contributed by atoms with E-state index in [0.29, 0.717) is 21.3 Å². The summed E-state index contributed by atoms with van der Waals surface area (Å²) < 4.78 is 10.1. The molecule has 1 aliphatic rings. The lowest BCUT2D eigenvalue weighted by Gasteiger charge is -2.08. The van der Waals surface area contributed by atoms with Gasteiger partial charge in [0.2, 0.25) is 0 Å². The fraction of sp³-hybridized carbons (Fsp3) is 0.278. The van der Waals surface area contributed by atoms with Crippen molar-refractivity contribution in [3.05, 3.63) is 45.3 Å². The van der Waals surface area contributed by atoms with Gasteiger partial charge in [-0.25, -0.2) is 4.79 Å². The van der Waals surface area contributed by atoms with E-state index in [1.807, 2.05) is 0 Å². The molecule has 2 amide bonds. The van der Waals surface area contributed by atoms with E-state index in [4.69, 9.17) is 26.8 Å². The second-order valence-electron chi connectivity index (χ2n) is 5.88. The second kappa shape index (κ2) is 8.41. The van der Waals surface area contributed by atoms with Gasteiger partial charge in [0, 0.05) is 9.90 Å². The van der Waals surface area contributed by atoms with Crippen LogP contribution < -0.4 is 15.8 Å². The number of halogens is 1. The van der Waals surface area contributed by atoms with E-state index in [1.54, 1.807) is 24.3 Å². The molecule has 0 spiro atoms. The van der Waals surface area contributed by atoms with E-state index in [0.717, 1.165) is 29.7 Å². The number of thiophene rings is 1. The Kier molecular flexibility index (Phi) is 5.98. The van der Waals surface area contributed by atoms with Crippen molar-refractivity contribution in [1.29, 1.82) is 0 Å². The van der Waals surface area contributed by atoms with Crippen LogP contribution in [0.1, 0.15) is 27.2 Å². The smallest absolute Gasteiger partial charge is 0.344 e. The lowest BCUT2D eigenvalue weighted by atomic mass is 10.1. The maximum atomic E-state index is 12.0. The summed E-state index contributed by atoms with van der Waals surface area (Å²) in [5.41, 5.74) is 6.71. The highest BCUT2D eigenvalue weighted by molar-refractivity contribution is 7.17. The monoisotopic (exact) mass is 408 g/mol. The molecule has 2 aromatic rings. The molecule has 1 aromatic carbocycles. The van der Waals surface area contributed by atoms with E-state index >= 15 is 0 Å². The van der Waals surface area contributed by atoms with Crippen molar-refractivity contribution in [1.82, 2.24) is 0 Å². The van der Waals surface area contributed by atoms with Crippen molar-refractivity contribution < 1.29 is 23.9 Å². The number of amides is 2. The van der Waals surface area contributed by atoms with Gasteiger partial charge in [-0.2, -0.15) is 0 Å². The van der Waals surface area contributed by atoms with Crippen LogP contribution >= 0.6 is 22.9 Å². The molecule has 0 bridgehead atoms. The first-order valence-electron chi connectivity index (χ1n) is 8.22. The molecular weight excluding hydrogens is 392 g/mol. The quantitative estimate of drug-likeness (QED) is 0.684. The zero-order valence-corrected chi connectivity index (χ0v) is 15.8. The zero-order valence-electron chi connectivity index (χ0n) is 14.2. The number of carbonyl (C=O) groups excluding carboxylic acids is 3. The number of nitrogens with two attached hydrogens (primary N) is 1. The van der Waals surface area contributed by atoms with Gasteiger partial charge in [-0.15, -0.1) is 11.3 Å². The predicted molar refractivity (Wildman–Crippen MR) is 101 cm³/mol. The average molecular weight is 409 g/mol. The molecule has 7 nitrogen and oxygen atoms in total. The number of primary amides is 1. The van der Waals surface area contributed by atoms with Gasteiger partial charge in [0.1, 0.15) is 10.8 Å². The Morgan fingerprint density at radius 1 is 1.22 bits per heavy atom. The van der Waals surface area contributed by atoms with Crippen LogP contribution in [0.4, 0.5) is 5.00 Å². The van der Waals surface area contributed by atoms with E-state index < -0.39 is 24.4 Å². The van der Waals surface area contributed by atoms with Crippen molar-refractivity contribution in [2.24, 2.45) is 5.73 Å². The van der Waals surface area contributed by atoms with Crippen molar-refractivity contribution in [2.75, 3.05) is 18.5 Å². The number of anilines is 1. The Balaban J connectivity index is 1.50. The Hall–Kier alpha value is -2.58. The fourth-order valence-electron chi connectivity index (χ4n) is 2.80. The summed E-state index contributed by atoms with van der Waals surface area (Å²) in [5, 5.41) is 3.49. The van der Waals surface area contributed by atoms with Gasteiger partial charge in [-0.05, 0) is 43.0 Å². The van der Waals surface area contributed by atoms with Crippen LogP contribution in [0, 0.1) is 0 Å². The molecule has 3 N–H and O–H groups in total. The van der Waals surface area contributed by atoms with Gasteiger partial charge in [0.05, 0.1) is 5.56 Å². The molecule has 9 heteroatoms. The predicted octanol–water partition coefficient (Wildman–Crippen LogP) is 2.55. The number of esters is 1. The highest BCUT2D eigenvalue weighted by Crippen LogP contribution is 2.38. The maximum Gasteiger partial charge on any atom is 0.344 e. The highest BCUT2D eigenvalue weighted by atomic mass is 35.5. The SMILES string of the molecule is NC(=O)c1c(NC(=O)COC(=O)COc2cccc(Cl)c2)sc2c1CCC2. The topological polar surface area (TPSA) is 108 Å². The van der Waals surface area contributed by atoms with E-state index in [1.165, 1.54) is 11.3 Å². The zero-order chi connectivity index (χ0) is 19.4. The van der Waals surface area contributed by atoms with Crippen LogP contribution in [-0.2, 0) is 27.2 Å². The number of ether oxygens (including phenoxy) is 2. The third kappa shape index (κ3) is 4.78. The average Bonchev–Trinajstić information content (AvgIpc) is 3.18. The molecule has 1 aliphatic carbocycles. The van der Waals surface area contributed by atoms with Crippen molar-refractivity contribution in [2.45, 2.75) is 19.3 Å². The first-order valence-corrected chi connectivity index (χ1v) is 9.41. The standard InChI is InChI=1S/C18H17ClN2O5S/c19-10-3-1-4-11(7-10)25-9-15(23)26-8-14(22)21-18-16(17(20)24)12-5-2-6-13(12)27-18/h1,3-4,7H,2,5-6,8-9H2,(H2,20,24)(H,21,22). The Labute approximate surface area is 164 Å². The molecule has 0 radical (unpaired) electrons. The van der Waals surface area contributed by atoms with Crippen LogP contribution in [-0.4, -0.2) is 31.0 Å². The molecule has 0 saturated carbocycles. The summed E-state index contributed by atoms with van der Waals surface area (Å²) in [5.74, 6) is -1.40. The minimum absolute atomic E-state index is 0.354. The lowest BCUT2D eigenvalue weighted by Crippen LogP contribution is -2.24. The highest BCUT2D eigenvalue weighted by Gasteiger charge is 2.26. The molecule has 27 heavy (non-hydrogen) atoms. The summed E-state index contributed by atoms with van der Waals surface area (Å²) in [4.78, 5) is 36.5. The van der Waals surface area contributed by atoms with Crippen LogP contribution in [0.25, 0.3) is 0 Å².